The molecule has 2 aliphatic carbocycles. The van der Waals surface area contributed by atoms with E-state index in [0.29, 0.717) is 12.6 Å². The zero-order chi connectivity index (χ0) is 15.8. The van der Waals surface area contributed by atoms with E-state index < -0.39 is 0 Å². The van der Waals surface area contributed by atoms with E-state index in [-0.39, 0.29) is 12.0 Å². The van der Waals surface area contributed by atoms with E-state index in [1.165, 1.54) is 32.1 Å². The van der Waals surface area contributed by atoms with Crippen LogP contribution in [0.15, 0.2) is 30.3 Å². The van der Waals surface area contributed by atoms with Crippen LogP contribution >= 0.6 is 0 Å². The molecule has 5 rings (SSSR count). The Kier molecular flexibility index (Phi) is 4.14. The Morgan fingerprint density at radius 1 is 1.09 bits per heavy atom. The van der Waals surface area contributed by atoms with Crippen molar-refractivity contribution in [2.45, 2.75) is 57.8 Å². The molecule has 2 aliphatic heterocycles. The number of carbonyl (C=O) groups excluding carboxylic acids is 1. The van der Waals surface area contributed by atoms with Crippen molar-refractivity contribution in [3.63, 3.8) is 0 Å². The molecule has 2 saturated heterocycles. The predicted octanol–water partition coefficient (Wildman–Crippen LogP) is 3.63. The fraction of sp³-hybridized carbons (Fsp3) is 0.650. The number of hydrogen-bond acceptors (Lipinski definition) is 2. The molecule has 3 atom stereocenters. The lowest BCUT2D eigenvalue weighted by Gasteiger charge is -2.39. The number of hydrogen-bond donors (Lipinski definition) is 0. The standard InChI is InChI=1S/C20H27NO2/c1-14(23-13-15-5-3-2-4-6-15)20(22)21-12-18-8-16-7-17(9-18)11-19(21)10-16/h2-6,14,16-19H,7-13H2,1H3. The summed E-state index contributed by atoms with van der Waals surface area (Å²) in [5.41, 5.74) is 1.13. The fourth-order valence-corrected chi connectivity index (χ4v) is 5.15. The van der Waals surface area contributed by atoms with Gasteiger partial charge in [-0.1, -0.05) is 30.3 Å². The summed E-state index contributed by atoms with van der Waals surface area (Å²) in [6.07, 6.45) is 6.21. The highest BCUT2D eigenvalue weighted by molar-refractivity contribution is 5.81. The van der Waals surface area contributed by atoms with Gasteiger partial charge in [0, 0.05) is 12.6 Å². The number of nitrogens with zero attached hydrogens (tertiary/aromatic N) is 1. The van der Waals surface area contributed by atoms with Crippen LogP contribution in [0, 0.1) is 17.8 Å². The molecule has 1 amide bonds. The van der Waals surface area contributed by atoms with Gasteiger partial charge in [-0.3, -0.25) is 4.79 Å². The van der Waals surface area contributed by atoms with E-state index in [4.69, 9.17) is 4.74 Å². The summed E-state index contributed by atoms with van der Waals surface area (Å²) in [6.45, 7) is 3.40. The third-order valence-corrected chi connectivity index (χ3v) is 6.08. The molecule has 4 aliphatic rings. The van der Waals surface area contributed by atoms with Crippen molar-refractivity contribution in [2.75, 3.05) is 6.54 Å². The Balaban J connectivity index is 1.40. The third kappa shape index (κ3) is 3.16. The van der Waals surface area contributed by atoms with E-state index in [9.17, 15) is 4.79 Å². The molecular formula is C20H27NO2. The minimum atomic E-state index is -0.342. The van der Waals surface area contributed by atoms with Gasteiger partial charge in [0.1, 0.15) is 6.10 Å². The first-order chi connectivity index (χ1) is 11.2. The van der Waals surface area contributed by atoms with Crippen molar-refractivity contribution >= 4 is 5.91 Å². The van der Waals surface area contributed by atoms with Gasteiger partial charge in [0.25, 0.3) is 5.91 Å². The van der Waals surface area contributed by atoms with Crippen LogP contribution < -0.4 is 0 Å². The highest BCUT2D eigenvalue weighted by atomic mass is 16.5. The second-order valence-electron chi connectivity index (χ2n) is 7.86. The second-order valence-corrected chi connectivity index (χ2v) is 7.86. The number of rotatable bonds is 4. The first-order valence-corrected chi connectivity index (χ1v) is 9.15. The average Bonchev–Trinajstić information content (AvgIpc) is 2.76. The Morgan fingerprint density at radius 3 is 2.43 bits per heavy atom. The first-order valence-electron chi connectivity index (χ1n) is 9.15. The van der Waals surface area contributed by atoms with Gasteiger partial charge in [-0.15, -0.1) is 0 Å². The molecule has 3 heteroatoms. The summed E-state index contributed by atoms with van der Waals surface area (Å²) in [6, 6.07) is 10.6. The number of carbonyl (C=O) groups is 1. The number of fused-ring (bicyclic) bond motifs is 1. The maximum absolute atomic E-state index is 12.9. The molecular weight excluding hydrogens is 286 g/mol. The highest BCUT2D eigenvalue weighted by Gasteiger charge is 2.44. The van der Waals surface area contributed by atoms with Crippen LogP contribution in [0.5, 0.6) is 0 Å². The SMILES string of the molecule is CC(OCc1ccccc1)C(=O)N1CC2CC3CC(C2)CC1C3. The van der Waals surface area contributed by atoms with Gasteiger partial charge in [0.15, 0.2) is 0 Å². The smallest absolute Gasteiger partial charge is 0.251 e. The molecule has 0 spiro atoms. The molecule has 124 valence electrons. The summed E-state index contributed by atoms with van der Waals surface area (Å²) in [7, 11) is 0. The van der Waals surface area contributed by atoms with Crippen LogP contribution in [-0.2, 0) is 16.1 Å². The zero-order valence-electron chi connectivity index (χ0n) is 14.0. The van der Waals surface area contributed by atoms with Crippen LogP contribution in [0.25, 0.3) is 0 Å². The molecule has 3 nitrogen and oxygen atoms in total. The summed E-state index contributed by atoms with van der Waals surface area (Å²) in [5, 5.41) is 0. The monoisotopic (exact) mass is 313 g/mol. The van der Waals surface area contributed by atoms with E-state index in [1.54, 1.807) is 0 Å². The van der Waals surface area contributed by atoms with Gasteiger partial charge in [-0.2, -0.15) is 0 Å². The summed E-state index contributed by atoms with van der Waals surface area (Å²) >= 11 is 0. The van der Waals surface area contributed by atoms with Gasteiger partial charge >= 0.3 is 0 Å². The Hall–Kier alpha value is -1.35. The highest BCUT2D eigenvalue weighted by Crippen LogP contribution is 2.47. The fourth-order valence-electron chi connectivity index (χ4n) is 5.15. The van der Waals surface area contributed by atoms with E-state index in [0.717, 1.165) is 29.9 Å². The van der Waals surface area contributed by atoms with Crippen molar-refractivity contribution in [1.29, 1.82) is 0 Å². The molecule has 1 aromatic rings. The van der Waals surface area contributed by atoms with Crippen LogP contribution in [0.1, 0.15) is 44.6 Å². The molecule has 4 bridgehead atoms. The van der Waals surface area contributed by atoms with E-state index in [2.05, 4.69) is 4.90 Å². The van der Waals surface area contributed by atoms with Crippen molar-refractivity contribution in [3.8, 4) is 0 Å². The minimum Gasteiger partial charge on any atom is -0.364 e. The molecule has 0 N–H and O–H groups in total. The summed E-state index contributed by atoms with van der Waals surface area (Å²) < 4.78 is 5.88. The van der Waals surface area contributed by atoms with Crippen molar-refractivity contribution < 1.29 is 9.53 Å². The zero-order valence-corrected chi connectivity index (χ0v) is 14.0. The molecule has 3 unspecified atom stereocenters. The van der Waals surface area contributed by atoms with Crippen LogP contribution in [0.3, 0.4) is 0 Å². The largest absolute Gasteiger partial charge is 0.364 e. The van der Waals surface area contributed by atoms with Crippen LogP contribution in [0.4, 0.5) is 0 Å². The molecule has 1 aromatic carbocycles. The third-order valence-electron chi connectivity index (χ3n) is 6.08. The second kappa shape index (κ2) is 6.27. The summed E-state index contributed by atoms with van der Waals surface area (Å²) in [5.74, 6) is 2.68. The van der Waals surface area contributed by atoms with E-state index >= 15 is 0 Å². The number of benzene rings is 1. The maximum Gasteiger partial charge on any atom is 0.251 e. The first kappa shape index (κ1) is 15.2. The molecule has 4 fully saturated rings. The average molecular weight is 313 g/mol. The Morgan fingerprint density at radius 2 is 1.74 bits per heavy atom. The van der Waals surface area contributed by atoms with Gasteiger partial charge < -0.3 is 9.64 Å². The van der Waals surface area contributed by atoms with Crippen molar-refractivity contribution in [3.05, 3.63) is 35.9 Å². The van der Waals surface area contributed by atoms with Gasteiger partial charge in [0.05, 0.1) is 6.61 Å². The maximum atomic E-state index is 12.9. The van der Waals surface area contributed by atoms with Crippen molar-refractivity contribution in [2.24, 2.45) is 17.8 Å². The molecule has 23 heavy (non-hydrogen) atoms. The lowest BCUT2D eigenvalue weighted by atomic mass is 9.68. The van der Waals surface area contributed by atoms with Gasteiger partial charge in [0.2, 0.25) is 0 Å². The lowest BCUT2D eigenvalue weighted by Crippen LogP contribution is -2.46. The number of amides is 1. The minimum absolute atomic E-state index is 0.208. The van der Waals surface area contributed by atoms with Crippen LogP contribution in [-0.4, -0.2) is 29.5 Å². The Bertz CT molecular complexity index is 544. The lowest BCUT2D eigenvalue weighted by molar-refractivity contribution is -0.146. The molecule has 2 saturated carbocycles. The molecule has 0 aromatic heterocycles. The van der Waals surface area contributed by atoms with Gasteiger partial charge in [-0.25, -0.2) is 0 Å². The van der Waals surface area contributed by atoms with Crippen LogP contribution in [0.2, 0.25) is 0 Å². The molecule has 0 radical (unpaired) electrons. The van der Waals surface area contributed by atoms with Crippen molar-refractivity contribution in [1.82, 2.24) is 4.90 Å². The van der Waals surface area contributed by atoms with Gasteiger partial charge in [-0.05, 0) is 62.3 Å². The van der Waals surface area contributed by atoms with E-state index in [1.807, 2.05) is 37.3 Å². The summed E-state index contributed by atoms with van der Waals surface area (Å²) in [4.78, 5) is 15.1. The normalized spacial score (nSPS) is 33.5. The Labute approximate surface area is 139 Å². The topological polar surface area (TPSA) is 29.5 Å². The molecule has 2 heterocycles. The quantitative estimate of drug-likeness (QED) is 0.849. The predicted molar refractivity (Wildman–Crippen MR) is 89.7 cm³/mol. The number of ether oxygens (including phenoxy) is 1.